The van der Waals surface area contributed by atoms with Crippen LogP contribution in [-0.4, -0.2) is 31.2 Å². The number of rotatable bonds is 4. The van der Waals surface area contributed by atoms with E-state index in [1.54, 1.807) is 11.0 Å². The second-order valence-corrected chi connectivity index (χ2v) is 7.83. The molecule has 3 aromatic rings. The van der Waals surface area contributed by atoms with Crippen molar-refractivity contribution in [1.82, 2.24) is 0 Å². The van der Waals surface area contributed by atoms with E-state index < -0.39 is 29.1 Å². The number of ether oxygens (including phenoxy) is 1. The van der Waals surface area contributed by atoms with Crippen LogP contribution in [-0.2, 0) is 15.7 Å². The highest BCUT2D eigenvalue weighted by molar-refractivity contribution is 5.93. The second kappa shape index (κ2) is 7.89. The van der Waals surface area contributed by atoms with Crippen molar-refractivity contribution in [3.8, 4) is 0 Å². The number of halogens is 3. The highest BCUT2D eigenvalue weighted by Crippen LogP contribution is 2.42. The fourth-order valence-electron chi connectivity index (χ4n) is 4.53. The lowest BCUT2D eigenvalue weighted by atomic mass is 9.76. The van der Waals surface area contributed by atoms with E-state index in [9.17, 15) is 18.0 Å². The molecule has 1 heterocycles. The molecule has 0 radical (unpaired) electrons. The van der Waals surface area contributed by atoms with E-state index in [4.69, 9.17) is 10.5 Å². The lowest BCUT2D eigenvalue weighted by Crippen LogP contribution is -2.67. The standard InChI is InChI=1S/C24H23F3N2O2/c1-16(20-11-4-7-17-6-2-3-10-21(17)20)23(22(28)30)15-31-13-12-29(23)19-9-5-8-18(14-19)24(25,26)27/h2-11,14,16H,12-13,15H2,1H3,(H2,28,30)/t16-,23?/m1/s1. The number of hydrogen-bond acceptors (Lipinski definition) is 3. The largest absolute Gasteiger partial charge is 0.416 e. The summed E-state index contributed by atoms with van der Waals surface area (Å²) in [6.45, 7) is 2.40. The molecule has 0 bridgehead atoms. The first-order valence-corrected chi connectivity index (χ1v) is 10.1. The van der Waals surface area contributed by atoms with Crippen LogP contribution >= 0.6 is 0 Å². The molecule has 162 valence electrons. The van der Waals surface area contributed by atoms with Crippen molar-refractivity contribution in [1.29, 1.82) is 0 Å². The molecule has 2 atom stereocenters. The minimum absolute atomic E-state index is 0.0109. The van der Waals surface area contributed by atoms with Gasteiger partial charge in [-0.1, -0.05) is 55.5 Å². The normalized spacial score (nSPS) is 20.6. The van der Waals surface area contributed by atoms with Crippen molar-refractivity contribution in [2.24, 2.45) is 5.73 Å². The lowest BCUT2D eigenvalue weighted by Gasteiger charge is -2.49. The Kier molecular flexibility index (Phi) is 5.39. The topological polar surface area (TPSA) is 55.6 Å². The molecule has 1 saturated heterocycles. The predicted molar refractivity (Wildman–Crippen MR) is 114 cm³/mol. The maximum absolute atomic E-state index is 13.3. The van der Waals surface area contributed by atoms with E-state index in [0.717, 1.165) is 28.5 Å². The van der Waals surface area contributed by atoms with Crippen LogP contribution in [0.1, 0.15) is 24.0 Å². The molecule has 2 N–H and O–H groups in total. The number of anilines is 1. The van der Waals surface area contributed by atoms with Crippen molar-refractivity contribution in [3.05, 3.63) is 77.9 Å². The van der Waals surface area contributed by atoms with Crippen molar-refractivity contribution in [2.75, 3.05) is 24.7 Å². The molecule has 7 heteroatoms. The first-order chi connectivity index (χ1) is 14.7. The van der Waals surface area contributed by atoms with Gasteiger partial charge in [0.1, 0.15) is 5.54 Å². The van der Waals surface area contributed by atoms with Crippen LogP contribution in [0.25, 0.3) is 10.8 Å². The Morgan fingerprint density at radius 3 is 2.55 bits per heavy atom. The lowest BCUT2D eigenvalue weighted by molar-refractivity contribution is -0.137. The van der Waals surface area contributed by atoms with Gasteiger partial charge < -0.3 is 15.4 Å². The Bertz CT molecular complexity index is 1110. The van der Waals surface area contributed by atoms with Gasteiger partial charge in [0, 0.05) is 18.2 Å². The van der Waals surface area contributed by atoms with E-state index >= 15 is 0 Å². The van der Waals surface area contributed by atoms with Crippen LogP contribution in [0.3, 0.4) is 0 Å². The van der Waals surface area contributed by atoms with Crippen LogP contribution in [0, 0.1) is 0 Å². The van der Waals surface area contributed by atoms with Crippen LogP contribution in [0.5, 0.6) is 0 Å². The quantitative estimate of drug-likeness (QED) is 0.654. The summed E-state index contributed by atoms with van der Waals surface area (Å²) < 4.78 is 45.7. The maximum Gasteiger partial charge on any atom is 0.416 e. The Morgan fingerprint density at radius 1 is 1.10 bits per heavy atom. The zero-order valence-electron chi connectivity index (χ0n) is 17.0. The summed E-state index contributed by atoms with van der Waals surface area (Å²) in [4.78, 5) is 14.7. The fraction of sp³-hybridized carbons (Fsp3) is 0.292. The number of fused-ring (bicyclic) bond motifs is 1. The SMILES string of the molecule is C[C@H](c1cccc2ccccc12)C1(C(N)=O)COCCN1c1cccc(C(F)(F)F)c1. The van der Waals surface area contributed by atoms with Crippen LogP contribution in [0.15, 0.2) is 66.7 Å². The predicted octanol–water partition coefficient (Wildman–Crippen LogP) is 4.72. The highest BCUT2D eigenvalue weighted by Gasteiger charge is 2.50. The molecule has 1 unspecified atom stereocenters. The molecule has 1 amide bonds. The summed E-state index contributed by atoms with van der Waals surface area (Å²) in [5, 5.41) is 1.97. The molecule has 31 heavy (non-hydrogen) atoms. The number of amides is 1. The number of primary amides is 1. The van der Waals surface area contributed by atoms with Crippen molar-refractivity contribution >= 4 is 22.4 Å². The van der Waals surface area contributed by atoms with Gasteiger partial charge in [-0.2, -0.15) is 13.2 Å². The van der Waals surface area contributed by atoms with Gasteiger partial charge in [0.15, 0.2) is 0 Å². The van der Waals surface area contributed by atoms with E-state index in [0.29, 0.717) is 5.69 Å². The van der Waals surface area contributed by atoms with Crippen LogP contribution in [0.2, 0.25) is 0 Å². The molecular formula is C24H23F3N2O2. The molecule has 0 aliphatic carbocycles. The molecule has 3 aromatic carbocycles. The number of nitrogens with two attached hydrogens (primary N) is 1. The minimum atomic E-state index is -4.49. The van der Waals surface area contributed by atoms with Gasteiger partial charge in [-0.25, -0.2) is 0 Å². The van der Waals surface area contributed by atoms with Gasteiger partial charge >= 0.3 is 6.18 Å². The third-order valence-electron chi connectivity index (χ3n) is 6.18. The number of carbonyl (C=O) groups is 1. The average molecular weight is 428 g/mol. The van der Waals surface area contributed by atoms with E-state index in [2.05, 4.69) is 0 Å². The monoisotopic (exact) mass is 428 g/mol. The Hall–Kier alpha value is -3.06. The summed E-state index contributed by atoms with van der Waals surface area (Å²) in [5.41, 5.74) is 5.03. The summed E-state index contributed by atoms with van der Waals surface area (Å²) in [6.07, 6.45) is -4.49. The third-order valence-corrected chi connectivity index (χ3v) is 6.18. The molecule has 1 aliphatic heterocycles. The maximum atomic E-state index is 13.3. The first kappa shape index (κ1) is 21.2. The Balaban J connectivity index is 1.87. The van der Waals surface area contributed by atoms with Gasteiger partial charge in [0.05, 0.1) is 18.8 Å². The summed E-state index contributed by atoms with van der Waals surface area (Å²) in [5.74, 6) is -1.07. The van der Waals surface area contributed by atoms with Gasteiger partial charge in [-0.3, -0.25) is 4.79 Å². The third kappa shape index (κ3) is 3.63. The van der Waals surface area contributed by atoms with Gasteiger partial charge in [0.25, 0.3) is 0 Å². The molecule has 4 rings (SSSR count). The number of alkyl halides is 3. The van der Waals surface area contributed by atoms with Gasteiger partial charge in [-0.15, -0.1) is 0 Å². The van der Waals surface area contributed by atoms with Crippen molar-refractivity contribution < 1.29 is 22.7 Å². The molecule has 4 nitrogen and oxygen atoms in total. The van der Waals surface area contributed by atoms with Crippen LogP contribution < -0.4 is 10.6 Å². The second-order valence-electron chi connectivity index (χ2n) is 7.83. The zero-order valence-corrected chi connectivity index (χ0v) is 17.0. The number of benzene rings is 3. The molecule has 0 saturated carbocycles. The Morgan fingerprint density at radius 2 is 1.81 bits per heavy atom. The van der Waals surface area contributed by atoms with Crippen molar-refractivity contribution in [2.45, 2.75) is 24.6 Å². The summed E-state index contributed by atoms with van der Waals surface area (Å²) in [6, 6.07) is 18.6. The number of hydrogen-bond donors (Lipinski definition) is 1. The van der Waals surface area contributed by atoms with Crippen LogP contribution in [0.4, 0.5) is 18.9 Å². The molecule has 0 aromatic heterocycles. The van der Waals surface area contributed by atoms with E-state index in [1.807, 2.05) is 49.4 Å². The number of carbonyl (C=O) groups excluding carboxylic acids is 1. The van der Waals surface area contributed by atoms with Gasteiger partial charge in [0.2, 0.25) is 5.91 Å². The molecule has 0 spiro atoms. The fourth-order valence-corrected chi connectivity index (χ4v) is 4.53. The number of nitrogens with zero attached hydrogens (tertiary/aromatic N) is 1. The van der Waals surface area contributed by atoms with E-state index in [-0.39, 0.29) is 19.8 Å². The zero-order chi connectivity index (χ0) is 22.2. The number of morpholine rings is 1. The Labute approximate surface area is 178 Å². The summed E-state index contributed by atoms with van der Waals surface area (Å²) in [7, 11) is 0. The van der Waals surface area contributed by atoms with Gasteiger partial charge in [-0.05, 0) is 34.5 Å². The molecule has 1 aliphatic rings. The molecular weight excluding hydrogens is 405 g/mol. The van der Waals surface area contributed by atoms with E-state index in [1.165, 1.54) is 6.07 Å². The highest BCUT2D eigenvalue weighted by atomic mass is 19.4. The minimum Gasteiger partial charge on any atom is -0.377 e. The average Bonchev–Trinajstić information content (AvgIpc) is 2.77. The summed E-state index contributed by atoms with van der Waals surface area (Å²) >= 11 is 0. The van der Waals surface area contributed by atoms with Crippen molar-refractivity contribution in [3.63, 3.8) is 0 Å². The smallest absolute Gasteiger partial charge is 0.377 e. The first-order valence-electron chi connectivity index (χ1n) is 10.1. The molecule has 1 fully saturated rings.